The van der Waals surface area contributed by atoms with Crippen molar-refractivity contribution in [2.45, 2.75) is 38.3 Å². The van der Waals surface area contributed by atoms with Crippen molar-refractivity contribution in [1.82, 2.24) is 14.9 Å². The second-order valence-electron chi connectivity index (χ2n) is 5.99. The number of nitrogens with one attached hydrogen (secondary N) is 2. The molecule has 1 aliphatic rings. The minimum atomic E-state index is -3.54. The summed E-state index contributed by atoms with van der Waals surface area (Å²) in [4.78, 5) is 24.8. The number of carbonyl (C=O) groups excluding carboxylic acids is 2. The van der Waals surface area contributed by atoms with E-state index in [0.29, 0.717) is 12.1 Å². The van der Waals surface area contributed by atoms with Crippen LogP contribution in [0.25, 0.3) is 0 Å². The normalized spacial score (nSPS) is 18.6. The molecule has 1 fully saturated rings. The highest BCUT2D eigenvalue weighted by Crippen LogP contribution is 2.15. The summed E-state index contributed by atoms with van der Waals surface area (Å²) in [5, 5.41) is 2.53. The predicted octanol–water partition coefficient (Wildman–Crippen LogP) is 1.06. The van der Waals surface area contributed by atoms with Crippen LogP contribution in [-0.4, -0.2) is 37.8 Å². The van der Waals surface area contributed by atoms with Gasteiger partial charge >= 0.3 is 6.03 Å². The molecule has 0 bridgehead atoms. The number of carbonyl (C=O) groups is 2. The maximum Gasteiger partial charge on any atom is 0.325 e. The molecule has 0 aromatic heterocycles. The van der Waals surface area contributed by atoms with E-state index in [1.807, 2.05) is 13.8 Å². The third-order valence-electron chi connectivity index (χ3n) is 3.48. The highest BCUT2D eigenvalue weighted by molar-refractivity contribution is 7.89. The van der Waals surface area contributed by atoms with Crippen LogP contribution in [0.15, 0.2) is 29.2 Å². The molecule has 2 rings (SSSR count). The summed E-state index contributed by atoms with van der Waals surface area (Å²) >= 11 is 0. The molecular weight excluding hydrogens is 318 g/mol. The average molecular weight is 339 g/mol. The SMILES string of the molecule is CC(C)CNS(=O)(=O)c1ccc(CN2C(=O)N[C@H](C)C2=O)cc1. The van der Waals surface area contributed by atoms with Gasteiger partial charge in [0.2, 0.25) is 10.0 Å². The fraction of sp³-hybridized carbons (Fsp3) is 0.467. The number of hydrogen-bond acceptors (Lipinski definition) is 4. The minimum Gasteiger partial charge on any atom is -0.326 e. The Morgan fingerprint density at radius 3 is 2.30 bits per heavy atom. The molecule has 2 N–H and O–H groups in total. The smallest absolute Gasteiger partial charge is 0.325 e. The highest BCUT2D eigenvalue weighted by Gasteiger charge is 2.34. The summed E-state index contributed by atoms with van der Waals surface area (Å²) in [6.45, 7) is 5.95. The first-order valence-electron chi connectivity index (χ1n) is 7.41. The van der Waals surface area contributed by atoms with Crippen LogP contribution in [0.2, 0.25) is 0 Å². The molecule has 126 valence electrons. The summed E-state index contributed by atoms with van der Waals surface area (Å²) in [6.07, 6.45) is 0. The Morgan fingerprint density at radius 1 is 1.22 bits per heavy atom. The van der Waals surface area contributed by atoms with Gasteiger partial charge in [0.15, 0.2) is 0 Å². The molecule has 7 nitrogen and oxygen atoms in total. The van der Waals surface area contributed by atoms with Crippen LogP contribution in [0.5, 0.6) is 0 Å². The van der Waals surface area contributed by atoms with Crippen LogP contribution in [0, 0.1) is 5.92 Å². The first kappa shape index (κ1) is 17.4. The molecule has 1 aliphatic heterocycles. The molecule has 0 spiro atoms. The lowest BCUT2D eigenvalue weighted by Gasteiger charge is -2.13. The molecule has 8 heteroatoms. The van der Waals surface area contributed by atoms with Gasteiger partial charge in [0.25, 0.3) is 5.91 Å². The van der Waals surface area contributed by atoms with Crippen molar-refractivity contribution < 1.29 is 18.0 Å². The molecule has 1 aromatic rings. The number of nitrogens with zero attached hydrogens (tertiary/aromatic N) is 1. The summed E-state index contributed by atoms with van der Waals surface area (Å²) in [5.74, 6) is -0.0731. The Morgan fingerprint density at radius 2 is 1.83 bits per heavy atom. The third kappa shape index (κ3) is 4.08. The van der Waals surface area contributed by atoms with Gasteiger partial charge in [0, 0.05) is 6.54 Å². The van der Waals surface area contributed by atoms with Crippen molar-refractivity contribution in [2.75, 3.05) is 6.54 Å². The van der Waals surface area contributed by atoms with Gasteiger partial charge in [-0.3, -0.25) is 9.69 Å². The number of urea groups is 1. The van der Waals surface area contributed by atoms with Crippen LogP contribution < -0.4 is 10.0 Å². The maximum absolute atomic E-state index is 12.1. The first-order valence-corrected chi connectivity index (χ1v) is 8.89. The molecule has 23 heavy (non-hydrogen) atoms. The molecule has 1 heterocycles. The minimum absolute atomic E-state index is 0.120. The number of amides is 3. The van der Waals surface area contributed by atoms with E-state index in [0.717, 1.165) is 4.90 Å². The van der Waals surface area contributed by atoms with Crippen LogP contribution >= 0.6 is 0 Å². The van der Waals surface area contributed by atoms with Gasteiger partial charge in [-0.05, 0) is 30.5 Å². The Hall–Kier alpha value is -1.93. The average Bonchev–Trinajstić information content (AvgIpc) is 2.72. The maximum atomic E-state index is 12.1. The monoisotopic (exact) mass is 339 g/mol. The number of rotatable bonds is 6. The Kier molecular flexibility index (Phi) is 5.06. The van der Waals surface area contributed by atoms with Crippen molar-refractivity contribution in [3.05, 3.63) is 29.8 Å². The standard InChI is InChI=1S/C15H21N3O4S/c1-10(2)8-16-23(21,22)13-6-4-12(5-7-13)9-18-14(19)11(3)17-15(18)20/h4-7,10-11,16H,8-9H2,1-3H3,(H,17,20)/t11-/m1/s1. The molecule has 0 unspecified atom stereocenters. The fourth-order valence-electron chi connectivity index (χ4n) is 2.12. The van der Waals surface area contributed by atoms with Gasteiger partial charge in [-0.15, -0.1) is 0 Å². The van der Waals surface area contributed by atoms with E-state index in [1.54, 1.807) is 19.1 Å². The van der Waals surface area contributed by atoms with Crippen molar-refractivity contribution in [3.63, 3.8) is 0 Å². The fourth-order valence-corrected chi connectivity index (χ4v) is 3.34. The van der Waals surface area contributed by atoms with Gasteiger partial charge < -0.3 is 5.32 Å². The van der Waals surface area contributed by atoms with Crippen LogP contribution in [0.1, 0.15) is 26.3 Å². The largest absolute Gasteiger partial charge is 0.326 e. The van der Waals surface area contributed by atoms with Crippen molar-refractivity contribution in [2.24, 2.45) is 5.92 Å². The van der Waals surface area contributed by atoms with E-state index in [-0.39, 0.29) is 23.3 Å². The molecule has 3 amide bonds. The van der Waals surface area contributed by atoms with E-state index in [2.05, 4.69) is 10.0 Å². The molecule has 0 saturated carbocycles. The second kappa shape index (κ2) is 6.67. The number of imide groups is 1. The summed E-state index contributed by atoms with van der Waals surface area (Å²) < 4.78 is 26.7. The molecule has 1 saturated heterocycles. The number of sulfonamides is 1. The Labute approximate surface area is 136 Å². The van der Waals surface area contributed by atoms with Gasteiger partial charge in [-0.2, -0.15) is 0 Å². The van der Waals surface area contributed by atoms with Crippen molar-refractivity contribution in [3.8, 4) is 0 Å². The second-order valence-corrected chi connectivity index (χ2v) is 7.75. The zero-order valence-electron chi connectivity index (χ0n) is 13.4. The van der Waals surface area contributed by atoms with Crippen molar-refractivity contribution >= 4 is 22.0 Å². The molecule has 1 aromatic carbocycles. The first-order chi connectivity index (χ1) is 10.7. The van der Waals surface area contributed by atoms with E-state index in [1.165, 1.54) is 12.1 Å². The Balaban J connectivity index is 2.08. The summed E-state index contributed by atoms with van der Waals surface area (Å²) in [7, 11) is -3.54. The van der Waals surface area contributed by atoms with E-state index in [9.17, 15) is 18.0 Å². The summed E-state index contributed by atoms with van der Waals surface area (Å²) in [5.41, 5.74) is 0.686. The van der Waals surface area contributed by atoms with Gasteiger partial charge in [0.1, 0.15) is 6.04 Å². The zero-order valence-corrected chi connectivity index (χ0v) is 14.2. The lowest BCUT2D eigenvalue weighted by molar-refractivity contribution is -0.127. The quantitative estimate of drug-likeness (QED) is 0.758. The predicted molar refractivity (Wildman–Crippen MR) is 85.0 cm³/mol. The van der Waals surface area contributed by atoms with Crippen LogP contribution in [0.3, 0.4) is 0 Å². The number of benzene rings is 1. The lowest BCUT2D eigenvalue weighted by Crippen LogP contribution is -2.30. The lowest BCUT2D eigenvalue weighted by atomic mass is 10.2. The van der Waals surface area contributed by atoms with Crippen LogP contribution in [-0.2, 0) is 21.4 Å². The number of hydrogen-bond donors (Lipinski definition) is 2. The van der Waals surface area contributed by atoms with Gasteiger partial charge in [-0.25, -0.2) is 17.9 Å². The van der Waals surface area contributed by atoms with Gasteiger partial charge in [0.05, 0.1) is 11.4 Å². The van der Waals surface area contributed by atoms with Crippen molar-refractivity contribution in [1.29, 1.82) is 0 Å². The van der Waals surface area contributed by atoms with E-state index >= 15 is 0 Å². The van der Waals surface area contributed by atoms with Crippen LogP contribution in [0.4, 0.5) is 4.79 Å². The Bertz CT molecular complexity index is 698. The van der Waals surface area contributed by atoms with E-state index < -0.39 is 22.1 Å². The van der Waals surface area contributed by atoms with Gasteiger partial charge in [-0.1, -0.05) is 26.0 Å². The molecular formula is C15H21N3O4S. The molecule has 1 atom stereocenters. The summed E-state index contributed by atoms with van der Waals surface area (Å²) in [6, 6.07) is 5.20. The molecule has 0 radical (unpaired) electrons. The molecule has 0 aliphatic carbocycles. The zero-order chi connectivity index (χ0) is 17.2. The highest BCUT2D eigenvalue weighted by atomic mass is 32.2. The van der Waals surface area contributed by atoms with E-state index in [4.69, 9.17) is 0 Å². The topological polar surface area (TPSA) is 95.6 Å². The third-order valence-corrected chi connectivity index (χ3v) is 4.92.